The van der Waals surface area contributed by atoms with Crippen LogP contribution in [0.2, 0.25) is 0 Å². The lowest BCUT2D eigenvalue weighted by Crippen LogP contribution is -2.45. The second-order valence-corrected chi connectivity index (χ2v) is 8.38. The van der Waals surface area contributed by atoms with Gasteiger partial charge >= 0.3 is 6.09 Å². The van der Waals surface area contributed by atoms with Gasteiger partial charge in [0.25, 0.3) is 0 Å². The van der Waals surface area contributed by atoms with E-state index in [1.54, 1.807) is 0 Å². The molecular weight excluding hydrogens is 436 g/mol. The van der Waals surface area contributed by atoms with Gasteiger partial charge in [0.2, 0.25) is 5.91 Å². The first-order chi connectivity index (χ1) is 15.6. The topological polar surface area (TPSA) is 67.4 Å². The van der Waals surface area contributed by atoms with Crippen molar-refractivity contribution in [1.29, 1.82) is 0 Å². The van der Waals surface area contributed by atoms with Crippen molar-refractivity contribution in [2.45, 2.75) is 38.3 Å². The van der Waals surface area contributed by atoms with Gasteiger partial charge in [0.05, 0.1) is 0 Å². The molecule has 1 aliphatic rings. The van der Waals surface area contributed by atoms with Gasteiger partial charge in [0.1, 0.15) is 12.6 Å². The monoisotopic (exact) mass is 464 g/mol. The molecular formula is C27H29ClN2O3. The number of carbonyl (C=O) groups is 2. The van der Waals surface area contributed by atoms with Crippen LogP contribution < -0.4 is 10.6 Å². The van der Waals surface area contributed by atoms with E-state index in [2.05, 4.69) is 29.7 Å². The van der Waals surface area contributed by atoms with Crippen LogP contribution in [0.5, 0.6) is 0 Å². The fourth-order valence-electron chi connectivity index (χ4n) is 3.80. The van der Waals surface area contributed by atoms with Crippen molar-refractivity contribution in [2.75, 3.05) is 5.32 Å². The first-order valence-electron chi connectivity index (χ1n) is 11.0. The van der Waals surface area contributed by atoms with E-state index >= 15 is 0 Å². The van der Waals surface area contributed by atoms with Crippen LogP contribution in [-0.4, -0.2) is 18.0 Å². The van der Waals surface area contributed by atoms with Crippen LogP contribution in [0, 0.1) is 5.92 Å². The van der Waals surface area contributed by atoms with Gasteiger partial charge in [0, 0.05) is 12.1 Å². The molecule has 0 radical (unpaired) electrons. The molecule has 1 fully saturated rings. The molecule has 0 saturated heterocycles. The molecule has 1 saturated carbocycles. The average Bonchev–Trinajstić information content (AvgIpc) is 3.55. The fourth-order valence-corrected chi connectivity index (χ4v) is 3.80. The zero-order valence-corrected chi connectivity index (χ0v) is 19.4. The molecule has 2 amide bonds. The molecule has 4 rings (SSSR count). The summed E-state index contributed by atoms with van der Waals surface area (Å²) in [5, 5.41) is 5.66. The smallest absolute Gasteiger partial charge is 0.408 e. The number of hydrogen-bond donors (Lipinski definition) is 2. The van der Waals surface area contributed by atoms with E-state index in [-0.39, 0.29) is 24.9 Å². The third kappa shape index (κ3) is 7.09. The lowest BCUT2D eigenvalue weighted by Gasteiger charge is -2.19. The molecule has 0 bridgehead atoms. The van der Waals surface area contributed by atoms with Gasteiger partial charge in [-0.1, -0.05) is 79.7 Å². The minimum absolute atomic E-state index is 0. The number of rotatable bonds is 8. The van der Waals surface area contributed by atoms with Crippen LogP contribution >= 0.6 is 12.4 Å². The van der Waals surface area contributed by atoms with E-state index in [9.17, 15) is 9.59 Å². The van der Waals surface area contributed by atoms with Crippen LogP contribution in [-0.2, 0) is 22.6 Å². The standard InChI is InChI=1S/C27H28N2O3.ClH/c1-19-16-24(19)22-12-14-23(15-13-22)28-26(30)25(17-20-8-4-2-5-9-20)29-27(31)32-18-21-10-6-3-7-11-21;/h2-15,19,24-25H,16-18H2,1H3,(H,28,30)(H,29,31);1H/t19-,24-,25?;/m1./s1. The number of nitrogens with one attached hydrogen (secondary N) is 2. The lowest BCUT2D eigenvalue weighted by molar-refractivity contribution is -0.118. The van der Waals surface area contributed by atoms with Crippen molar-refractivity contribution in [3.63, 3.8) is 0 Å². The number of alkyl carbamates (subject to hydrolysis) is 1. The molecule has 3 atom stereocenters. The highest BCUT2D eigenvalue weighted by Gasteiger charge is 2.33. The van der Waals surface area contributed by atoms with E-state index < -0.39 is 12.1 Å². The molecule has 2 N–H and O–H groups in total. The van der Waals surface area contributed by atoms with Crippen molar-refractivity contribution in [3.8, 4) is 0 Å². The Hall–Kier alpha value is -3.31. The summed E-state index contributed by atoms with van der Waals surface area (Å²) in [6.07, 6.45) is 0.966. The quantitative estimate of drug-likeness (QED) is 0.448. The molecule has 1 unspecified atom stereocenters. The molecule has 3 aromatic rings. The van der Waals surface area contributed by atoms with Gasteiger partial charge in [-0.15, -0.1) is 12.4 Å². The van der Waals surface area contributed by atoms with E-state index in [1.807, 2.05) is 72.8 Å². The Morgan fingerprint density at radius 1 is 0.909 bits per heavy atom. The lowest BCUT2D eigenvalue weighted by atomic mass is 10.0. The maximum absolute atomic E-state index is 13.0. The van der Waals surface area contributed by atoms with Crippen LogP contribution in [0.15, 0.2) is 84.9 Å². The molecule has 0 heterocycles. The highest BCUT2D eigenvalue weighted by molar-refractivity contribution is 5.96. The zero-order chi connectivity index (χ0) is 22.3. The van der Waals surface area contributed by atoms with Gasteiger partial charge < -0.3 is 15.4 Å². The van der Waals surface area contributed by atoms with Crippen molar-refractivity contribution in [3.05, 3.63) is 102 Å². The predicted octanol–water partition coefficient (Wildman–Crippen LogP) is 5.71. The second-order valence-electron chi connectivity index (χ2n) is 8.38. The Labute approximate surface area is 201 Å². The number of amides is 2. The van der Waals surface area contributed by atoms with Crippen LogP contribution in [0.25, 0.3) is 0 Å². The summed E-state index contributed by atoms with van der Waals surface area (Å²) in [4.78, 5) is 25.4. The molecule has 33 heavy (non-hydrogen) atoms. The van der Waals surface area contributed by atoms with E-state index in [1.165, 1.54) is 12.0 Å². The number of anilines is 1. The van der Waals surface area contributed by atoms with Crippen LogP contribution in [0.4, 0.5) is 10.5 Å². The maximum Gasteiger partial charge on any atom is 0.408 e. The predicted molar refractivity (Wildman–Crippen MR) is 133 cm³/mol. The van der Waals surface area contributed by atoms with E-state index in [0.29, 0.717) is 18.0 Å². The van der Waals surface area contributed by atoms with Gasteiger partial charge in [0.15, 0.2) is 0 Å². The molecule has 5 nitrogen and oxygen atoms in total. The third-order valence-electron chi connectivity index (χ3n) is 5.82. The minimum Gasteiger partial charge on any atom is -0.445 e. The normalized spacial score (nSPS) is 17.2. The van der Waals surface area contributed by atoms with Gasteiger partial charge in [-0.2, -0.15) is 0 Å². The largest absolute Gasteiger partial charge is 0.445 e. The Morgan fingerprint density at radius 2 is 1.48 bits per heavy atom. The summed E-state index contributed by atoms with van der Waals surface area (Å²) in [6.45, 7) is 2.39. The Morgan fingerprint density at radius 3 is 2.06 bits per heavy atom. The van der Waals surface area contributed by atoms with Crippen molar-refractivity contribution in [1.82, 2.24) is 5.32 Å². The average molecular weight is 465 g/mol. The SMILES string of the molecule is C[C@@H]1C[C@H]1c1ccc(NC(=O)C(Cc2ccccc2)NC(=O)OCc2ccccc2)cc1.Cl. The highest BCUT2D eigenvalue weighted by Crippen LogP contribution is 2.46. The van der Waals surface area contributed by atoms with E-state index in [4.69, 9.17) is 4.74 Å². The van der Waals surface area contributed by atoms with Crippen LogP contribution in [0.1, 0.15) is 36.0 Å². The molecule has 3 aromatic carbocycles. The number of halogens is 1. The summed E-state index contributed by atoms with van der Waals surface area (Å²) in [5.74, 6) is 1.08. The number of ether oxygens (including phenoxy) is 1. The zero-order valence-electron chi connectivity index (χ0n) is 18.6. The first kappa shape index (κ1) is 24.3. The highest BCUT2D eigenvalue weighted by atomic mass is 35.5. The van der Waals surface area contributed by atoms with Crippen LogP contribution in [0.3, 0.4) is 0 Å². The summed E-state index contributed by atoms with van der Waals surface area (Å²) in [5.41, 5.74) is 3.86. The number of hydrogen-bond acceptors (Lipinski definition) is 3. The Kier molecular flexibility index (Phi) is 8.50. The molecule has 0 aromatic heterocycles. The minimum atomic E-state index is -0.760. The molecule has 6 heteroatoms. The van der Waals surface area contributed by atoms with Crippen molar-refractivity contribution >= 4 is 30.1 Å². The Bertz CT molecular complexity index is 1040. The third-order valence-corrected chi connectivity index (χ3v) is 5.82. The molecule has 0 spiro atoms. The Balaban J connectivity index is 0.00000306. The van der Waals surface area contributed by atoms with Crippen molar-refractivity contribution < 1.29 is 14.3 Å². The molecule has 1 aliphatic carbocycles. The first-order valence-corrected chi connectivity index (χ1v) is 11.0. The second kappa shape index (κ2) is 11.5. The molecule has 0 aliphatic heterocycles. The summed E-state index contributed by atoms with van der Waals surface area (Å²) in [7, 11) is 0. The maximum atomic E-state index is 13.0. The fraction of sp³-hybridized carbons (Fsp3) is 0.259. The van der Waals surface area contributed by atoms with E-state index in [0.717, 1.165) is 17.0 Å². The van der Waals surface area contributed by atoms with Gasteiger partial charge in [-0.05, 0) is 47.1 Å². The van der Waals surface area contributed by atoms with Crippen molar-refractivity contribution in [2.24, 2.45) is 5.92 Å². The summed E-state index contributed by atoms with van der Waals surface area (Å²) in [6, 6.07) is 26.3. The number of carbonyl (C=O) groups excluding carboxylic acids is 2. The van der Waals surface area contributed by atoms with Gasteiger partial charge in [-0.25, -0.2) is 4.79 Å². The summed E-state index contributed by atoms with van der Waals surface area (Å²) >= 11 is 0. The summed E-state index contributed by atoms with van der Waals surface area (Å²) < 4.78 is 5.33. The number of benzene rings is 3. The van der Waals surface area contributed by atoms with Gasteiger partial charge in [-0.3, -0.25) is 4.79 Å². The molecule has 172 valence electrons.